The van der Waals surface area contributed by atoms with E-state index in [1.54, 1.807) is 0 Å². The van der Waals surface area contributed by atoms with Crippen molar-refractivity contribution in [1.29, 1.82) is 0 Å². The van der Waals surface area contributed by atoms with Crippen molar-refractivity contribution in [3.63, 3.8) is 0 Å². The Morgan fingerprint density at radius 3 is 2.68 bits per heavy atom. The van der Waals surface area contributed by atoms with E-state index in [1.165, 1.54) is 0 Å². The van der Waals surface area contributed by atoms with Gasteiger partial charge in [0.25, 0.3) is 15.7 Å². The van der Waals surface area contributed by atoms with Gasteiger partial charge in [0.2, 0.25) is 0 Å². The largest absolute Gasteiger partial charge is 0.284 e. The van der Waals surface area contributed by atoms with E-state index in [4.69, 9.17) is 0 Å². The van der Waals surface area contributed by atoms with Crippen LogP contribution in [0, 0.1) is 15.9 Å². The van der Waals surface area contributed by atoms with Crippen molar-refractivity contribution in [2.75, 3.05) is 4.72 Å². The van der Waals surface area contributed by atoms with Gasteiger partial charge < -0.3 is 0 Å². The second-order valence-corrected chi connectivity index (χ2v) is 5.18. The highest BCUT2D eigenvalue weighted by Crippen LogP contribution is 2.22. The fourth-order valence-corrected chi connectivity index (χ4v) is 2.28. The Morgan fingerprint density at radius 1 is 1.37 bits per heavy atom. The molecule has 1 aromatic carbocycles. The highest BCUT2D eigenvalue weighted by Gasteiger charge is 2.18. The van der Waals surface area contributed by atoms with Crippen molar-refractivity contribution < 1.29 is 17.7 Å². The van der Waals surface area contributed by atoms with Crippen molar-refractivity contribution >= 4 is 21.4 Å². The first-order valence-corrected chi connectivity index (χ1v) is 6.33. The zero-order valence-electron chi connectivity index (χ0n) is 9.20. The Labute approximate surface area is 106 Å². The van der Waals surface area contributed by atoms with Gasteiger partial charge in [-0.3, -0.25) is 19.9 Å². The number of sulfonamides is 1. The third-order valence-corrected chi connectivity index (χ3v) is 3.48. The molecule has 0 spiro atoms. The molecular weight excluding hydrogens is 279 g/mol. The molecule has 0 radical (unpaired) electrons. The van der Waals surface area contributed by atoms with Gasteiger partial charge in [-0.05, 0) is 6.07 Å². The van der Waals surface area contributed by atoms with Crippen molar-refractivity contribution in [2.24, 2.45) is 0 Å². The molecule has 0 saturated carbocycles. The van der Waals surface area contributed by atoms with Gasteiger partial charge in [-0.15, -0.1) is 0 Å². The molecule has 2 rings (SSSR count). The fraction of sp³-hybridized carbons (Fsp3) is 0. The first kappa shape index (κ1) is 13.0. The van der Waals surface area contributed by atoms with Gasteiger partial charge in [0, 0.05) is 12.3 Å². The molecule has 19 heavy (non-hydrogen) atoms. The van der Waals surface area contributed by atoms with Crippen LogP contribution in [-0.2, 0) is 10.0 Å². The van der Waals surface area contributed by atoms with E-state index in [0.29, 0.717) is 6.07 Å². The normalized spacial score (nSPS) is 11.2. The quantitative estimate of drug-likeness (QED) is 0.648. The maximum absolute atomic E-state index is 13.1. The topological polar surface area (TPSA) is 118 Å². The number of aromatic nitrogens is 2. The standard InChI is InChI=1S/C9H7FN4O4S/c10-6-1-7(3-8(2-6)14(15)16)13-19(17,18)9-4-11-12-5-9/h1-5,13H,(H,11,12). The number of benzene rings is 1. The number of nitro benzene ring substituents is 1. The molecule has 100 valence electrons. The van der Waals surface area contributed by atoms with Crippen LogP contribution in [0.25, 0.3) is 0 Å². The van der Waals surface area contributed by atoms with E-state index < -0.39 is 26.5 Å². The summed E-state index contributed by atoms with van der Waals surface area (Å²) in [5.41, 5.74) is -0.794. The molecule has 0 amide bonds. The SMILES string of the molecule is O=[N+]([O-])c1cc(F)cc(NS(=O)(=O)c2cn[nH]c2)c1. The Bertz CT molecular complexity index is 714. The van der Waals surface area contributed by atoms with Crippen LogP contribution < -0.4 is 4.72 Å². The molecule has 0 aliphatic carbocycles. The van der Waals surface area contributed by atoms with Gasteiger partial charge in [-0.2, -0.15) is 5.10 Å². The van der Waals surface area contributed by atoms with Crippen LogP contribution in [0.4, 0.5) is 15.8 Å². The second-order valence-electron chi connectivity index (χ2n) is 3.49. The zero-order valence-corrected chi connectivity index (χ0v) is 10.0. The molecule has 0 aliphatic heterocycles. The maximum Gasteiger partial charge on any atom is 0.274 e. The highest BCUT2D eigenvalue weighted by molar-refractivity contribution is 7.92. The van der Waals surface area contributed by atoms with Gasteiger partial charge >= 0.3 is 0 Å². The lowest BCUT2D eigenvalue weighted by Gasteiger charge is -2.05. The summed E-state index contributed by atoms with van der Waals surface area (Å²) >= 11 is 0. The zero-order chi connectivity index (χ0) is 14.0. The average molecular weight is 286 g/mol. The van der Waals surface area contributed by atoms with Gasteiger partial charge in [-0.1, -0.05) is 0 Å². The van der Waals surface area contributed by atoms with E-state index in [0.717, 1.165) is 24.5 Å². The molecule has 1 heterocycles. The Hall–Kier alpha value is -2.49. The van der Waals surface area contributed by atoms with Crippen LogP contribution in [0.3, 0.4) is 0 Å². The summed E-state index contributed by atoms with van der Waals surface area (Å²) in [6.07, 6.45) is 2.17. The van der Waals surface area contributed by atoms with E-state index in [-0.39, 0.29) is 10.6 Å². The van der Waals surface area contributed by atoms with Crippen LogP contribution >= 0.6 is 0 Å². The van der Waals surface area contributed by atoms with Gasteiger partial charge in [0.15, 0.2) is 0 Å². The van der Waals surface area contributed by atoms with Gasteiger partial charge in [0.1, 0.15) is 10.7 Å². The third kappa shape index (κ3) is 2.85. The summed E-state index contributed by atoms with van der Waals surface area (Å²) in [7, 11) is -3.96. The minimum atomic E-state index is -3.96. The van der Waals surface area contributed by atoms with E-state index >= 15 is 0 Å². The van der Waals surface area contributed by atoms with Crippen LogP contribution in [0.1, 0.15) is 0 Å². The number of aromatic amines is 1. The number of nitrogens with one attached hydrogen (secondary N) is 2. The predicted octanol–water partition coefficient (Wildman–Crippen LogP) is 1.26. The van der Waals surface area contributed by atoms with E-state index in [2.05, 4.69) is 10.2 Å². The molecule has 8 nitrogen and oxygen atoms in total. The van der Waals surface area contributed by atoms with Crippen LogP contribution in [0.2, 0.25) is 0 Å². The predicted molar refractivity (Wildman–Crippen MR) is 62.5 cm³/mol. The van der Waals surface area contributed by atoms with Crippen molar-refractivity contribution in [1.82, 2.24) is 10.2 Å². The molecule has 0 bridgehead atoms. The molecule has 0 saturated heterocycles. The number of H-pyrrole nitrogens is 1. The Kier molecular flexibility index (Phi) is 3.17. The number of nitrogens with zero attached hydrogens (tertiary/aromatic N) is 2. The number of halogens is 1. The van der Waals surface area contributed by atoms with Gasteiger partial charge in [0.05, 0.1) is 22.9 Å². The van der Waals surface area contributed by atoms with Crippen molar-refractivity contribution in [3.05, 3.63) is 46.5 Å². The fourth-order valence-electron chi connectivity index (χ4n) is 1.34. The molecule has 0 aliphatic rings. The van der Waals surface area contributed by atoms with Crippen LogP contribution in [0.15, 0.2) is 35.5 Å². The number of hydrogen-bond donors (Lipinski definition) is 2. The summed E-state index contributed by atoms with van der Waals surface area (Å²) in [5.74, 6) is -0.918. The molecule has 0 atom stereocenters. The number of hydrogen-bond acceptors (Lipinski definition) is 5. The van der Waals surface area contributed by atoms with Crippen LogP contribution in [-0.4, -0.2) is 23.5 Å². The lowest BCUT2D eigenvalue weighted by atomic mass is 10.3. The van der Waals surface area contributed by atoms with Crippen LogP contribution in [0.5, 0.6) is 0 Å². The lowest BCUT2D eigenvalue weighted by molar-refractivity contribution is -0.385. The summed E-state index contributed by atoms with van der Waals surface area (Å²) in [6, 6.07) is 2.45. The summed E-state index contributed by atoms with van der Waals surface area (Å²) in [5, 5.41) is 16.3. The Morgan fingerprint density at radius 2 is 2.11 bits per heavy atom. The monoisotopic (exact) mass is 286 g/mol. The van der Waals surface area contributed by atoms with Gasteiger partial charge in [-0.25, -0.2) is 12.8 Å². The number of nitro groups is 1. The number of anilines is 1. The highest BCUT2D eigenvalue weighted by atomic mass is 32.2. The third-order valence-electron chi connectivity index (χ3n) is 2.13. The molecule has 1 aromatic heterocycles. The minimum absolute atomic E-state index is 0.167. The smallest absolute Gasteiger partial charge is 0.274 e. The maximum atomic E-state index is 13.1. The summed E-state index contributed by atoms with van der Waals surface area (Å²) < 4.78 is 38.8. The minimum Gasteiger partial charge on any atom is -0.284 e. The first-order chi connectivity index (χ1) is 8.88. The first-order valence-electron chi connectivity index (χ1n) is 4.85. The summed E-state index contributed by atoms with van der Waals surface area (Å²) in [4.78, 5) is 9.56. The number of non-ortho nitro benzene ring substituents is 1. The lowest BCUT2D eigenvalue weighted by Crippen LogP contribution is -2.12. The molecule has 2 aromatic rings. The summed E-state index contributed by atoms with van der Waals surface area (Å²) in [6.45, 7) is 0. The molecule has 0 fully saturated rings. The molecular formula is C9H7FN4O4S. The number of rotatable bonds is 4. The molecule has 0 unspecified atom stereocenters. The second kappa shape index (κ2) is 4.65. The van der Waals surface area contributed by atoms with Crippen molar-refractivity contribution in [3.8, 4) is 0 Å². The molecule has 2 N–H and O–H groups in total. The van der Waals surface area contributed by atoms with E-state index in [9.17, 15) is 22.9 Å². The Balaban J connectivity index is 2.37. The average Bonchev–Trinajstić information content (AvgIpc) is 2.81. The van der Waals surface area contributed by atoms with Crippen molar-refractivity contribution in [2.45, 2.75) is 4.90 Å². The van der Waals surface area contributed by atoms with E-state index in [1.807, 2.05) is 4.72 Å². The molecule has 10 heteroatoms.